The van der Waals surface area contributed by atoms with Crippen molar-refractivity contribution in [2.75, 3.05) is 5.73 Å². The van der Waals surface area contributed by atoms with E-state index in [2.05, 4.69) is 36.2 Å². The third-order valence-corrected chi connectivity index (χ3v) is 3.86. The maximum atomic E-state index is 5.81. The zero-order chi connectivity index (χ0) is 11.5. The van der Waals surface area contributed by atoms with Crippen LogP contribution in [0.3, 0.4) is 0 Å². The van der Waals surface area contributed by atoms with E-state index in [0.29, 0.717) is 17.2 Å². The van der Waals surface area contributed by atoms with Crippen LogP contribution in [0.4, 0.5) is 5.95 Å². The lowest BCUT2D eigenvalue weighted by Gasteiger charge is -2.17. The standard InChI is InChI=1S/C11H18N4S/c1-8(2)15-10(12)13-14-11(15)16-9-6-4-3-5-7-9/h4,6,8-9H,3,5,7H2,1-2H3,(H2,12,13). The topological polar surface area (TPSA) is 56.7 Å². The molecule has 4 nitrogen and oxygen atoms in total. The predicted molar refractivity (Wildman–Crippen MR) is 67.5 cm³/mol. The first kappa shape index (κ1) is 11.5. The molecule has 0 spiro atoms. The van der Waals surface area contributed by atoms with Crippen molar-refractivity contribution in [3.05, 3.63) is 12.2 Å². The van der Waals surface area contributed by atoms with Crippen molar-refractivity contribution >= 4 is 17.7 Å². The van der Waals surface area contributed by atoms with Gasteiger partial charge in [0, 0.05) is 11.3 Å². The average Bonchev–Trinajstić information content (AvgIpc) is 2.61. The van der Waals surface area contributed by atoms with Gasteiger partial charge in [-0.3, -0.25) is 4.57 Å². The minimum atomic E-state index is 0.310. The zero-order valence-corrected chi connectivity index (χ0v) is 10.6. The molecule has 2 rings (SSSR count). The third-order valence-electron chi connectivity index (χ3n) is 2.67. The predicted octanol–water partition coefficient (Wildman–Crippen LogP) is 2.64. The molecular formula is C11H18N4S. The van der Waals surface area contributed by atoms with Crippen LogP contribution in [0, 0.1) is 0 Å². The van der Waals surface area contributed by atoms with Crippen LogP contribution in [0.5, 0.6) is 0 Å². The van der Waals surface area contributed by atoms with Gasteiger partial charge in [-0.25, -0.2) is 0 Å². The fraction of sp³-hybridized carbons (Fsp3) is 0.636. The monoisotopic (exact) mass is 238 g/mol. The van der Waals surface area contributed by atoms with Gasteiger partial charge in [0.05, 0.1) is 0 Å². The number of rotatable bonds is 3. The molecule has 1 aromatic rings. The summed E-state index contributed by atoms with van der Waals surface area (Å²) < 4.78 is 1.99. The van der Waals surface area contributed by atoms with Gasteiger partial charge in [0.1, 0.15) is 0 Å². The molecule has 1 heterocycles. The number of hydrogen-bond acceptors (Lipinski definition) is 4. The maximum absolute atomic E-state index is 5.81. The molecule has 1 aromatic heterocycles. The van der Waals surface area contributed by atoms with E-state index in [1.54, 1.807) is 11.8 Å². The van der Waals surface area contributed by atoms with E-state index in [1.165, 1.54) is 19.3 Å². The smallest absolute Gasteiger partial charge is 0.222 e. The highest BCUT2D eigenvalue weighted by Crippen LogP contribution is 2.31. The molecule has 1 atom stereocenters. The summed E-state index contributed by atoms with van der Waals surface area (Å²) in [5.74, 6) is 0.511. The summed E-state index contributed by atoms with van der Waals surface area (Å²) in [4.78, 5) is 0. The second-order valence-corrected chi connectivity index (χ2v) is 5.53. The summed E-state index contributed by atoms with van der Waals surface area (Å²) in [6.07, 6.45) is 8.20. The van der Waals surface area contributed by atoms with Crippen LogP contribution in [-0.2, 0) is 0 Å². The van der Waals surface area contributed by atoms with Crippen molar-refractivity contribution < 1.29 is 0 Å². The third kappa shape index (κ3) is 2.40. The molecule has 0 fully saturated rings. The van der Waals surface area contributed by atoms with Crippen LogP contribution in [-0.4, -0.2) is 20.0 Å². The fourth-order valence-electron chi connectivity index (χ4n) is 1.87. The molecule has 1 aliphatic carbocycles. The molecule has 0 saturated carbocycles. The van der Waals surface area contributed by atoms with Crippen LogP contribution < -0.4 is 5.73 Å². The Morgan fingerprint density at radius 3 is 2.94 bits per heavy atom. The number of nitrogen functional groups attached to an aromatic ring is 1. The number of hydrogen-bond donors (Lipinski definition) is 1. The van der Waals surface area contributed by atoms with Crippen LogP contribution in [0.1, 0.15) is 39.2 Å². The van der Waals surface area contributed by atoms with E-state index in [0.717, 1.165) is 5.16 Å². The van der Waals surface area contributed by atoms with E-state index in [-0.39, 0.29) is 0 Å². The highest BCUT2D eigenvalue weighted by molar-refractivity contribution is 7.99. The van der Waals surface area contributed by atoms with Crippen molar-refractivity contribution in [3.63, 3.8) is 0 Å². The Hall–Kier alpha value is -0.970. The molecule has 2 N–H and O–H groups in total. The van der Waals surface area contributed by atoms with E-state index in [1.807, 2.05) is 4.57 Å². The van der Waals surface area contributed by atoms with Gasteiger partial charge in [0.25, 0.3) is 0 Å². The lowest BCUT2D eigenvalue weighted by Crippen LogP contribution is -2.09. The van der Waals surface area contributed by atoms with Gasteiger partial charge in [-0.2, -0.15) is 0 Å². The first-order valence-electron chi connectivity index (χ1n) is 5.72. The number of nitrogens with two attached hydrogens (primary N) is 1. The Morgan fingerprint density at radius 2 is 2.31 bits per heavy atom. The molecule has 0 bridgehead atoms. The first-order chi connectivity index (χ1) is 7.68. The summed E-state index contributed by atoms with van der Waals surface area (Å²) in [6, 6.07) is 0.310. The first-order valence-corrected chi connectivity index (χ1v) is 6.60. The van der Waals surface area contributed by atoms with Gasteiger partial charge in [-0.1, -0.05) is 23.9 Å². The van der Waals surface area contributed by atoms with Crippen LogP contribution in [0.25, 0.3) is 0 Å². The molecule has 0 amide bonds. The van der Waals surface area contributed by atoms with Crippen LogP contribution >= 0.6 is 11.8 Å². The zero-order valence-electron chi connectivity index (χ0n) is 9.76. The fourth-order valence-corrected chi connectivity index (χ4v) is 3.12. The normalized spacial score (nSPS) is 20.6. The van der Waals surface area contributed by atoms with Gasteiger partial charge in [0.2, 0.25) is 5.95 Å². The van der Waals surface area contributed by atoms with Gasteiger partial charge in [0.15, 0.2) is 5.16 Å². The maximum Gasteiger partial charge on any atom is 0.222 e. The Bertz CT molecular complexity index is 383. The quantitative estimate of drug-likeness (QED) is 0.822. The Balaban J connectivity index is 2.14. The molecular weight excluding hydrogens is 220 g/mol. The summed E-state index contributed by atoms with van der Waals surface area (Å²) in [5.41, 5.74) is 5.81. The van der Waals surface area contributed by atoms with Crippen LogP contribution in [0.2, 0.25) is 0 Å². The number of nitrogens with zero attached hydrogens (tertiary/aromatic N) is 3. The largest absolute Gasteiger partial charge is 0.368 e. The van der Waals surface area contributed by atoms with Gasteiger partial charge >= 0.3 is 0 Å². The molecule has 5 heteroatoms. The highest BCUT2D eigenvalue weighted by Gasteiger charge is 2.17. The van der Waals surface area contributed by atoms with E-state index in [4.69, 9.17) is 5.73 Å². The van der Waals surface area contributed by atoms with Gasteiger partial charge in [-0.05, 0) is 33.1 Å². The van der Waals surface area contributed by atoms with Crippen molar-refractivity contribution in [2.24, 2.45) is 0 Å². The molecule has 0 saturated heterocycles. The SMILES string of the molecule is CC(C)n1c(N)nnc1SC1C=CCCC1. The Morgan fingerprint density at radius 1 is 1.50 bits per heavy atom. The van der Waals surface area contributed by atoms with E-state index in [9.17, 15) is 0 Å². The number of anilines is 1. The second-order valence-electron chi connectivity index (χ2n) is 4.32. The van der Waals surface area contributed by atoms with Crippen molar-refractivity contribution in [1.29, 1.82) is 0 Å². The number of aromatic nitrogens is 3. The number of allylic oxidation sites excluding steroid dienone is 1. The molecule has 88 valence electrons. The van der Waals surface area contributed by atoms with Crippen molar-refractivity contribution in [1.82, 2.24) is 14.8 Å². The molecule has 1 unspecified atom stereocenters. The average molecular weight is 238 g/mol. The van der Waals surface area contributed by atoms with Gasteiger partial charge < -0.3 is 5.73 Å². The Kier molecular flexibility index (Phi) is 3.53. The second kappa shape index (κ2) is 4.91. The summed E-state index contributed by atoms with van der Waals surface area (Å²) in [6.45, 7) is 4.20. The van der Waals surface area contributed by atoms with Crippen molar-refractivity contribution in [3.8, 4) is 0 Å². The summed E-state index contributed by atoms with van der Waals surface area (Å²) >= 11 is 1.76. The number of thioether (sulfide) groups is 1. The summed E-state index contributed by atoms with van der Waals surface area (Å²) in [7, 11) is 0. The van der Waals surface area contributed by atoms with Crippen molar-refractivity contribution in [2.45, 2.75) is 49.6 Å². The van der Waals surface area contributed by atoms with Gasteiger partial charge in [-0.15, -0.1) is 10.2 Å². The molecule has 1 aliphatic rings. The minimum absolute atomic E-state index is 0.310. The summed E-state index contributed by atoms with van der Waals surface area (Å²) in [5, 5.41) is 9.55. The van der Waals surface area contributed by atoms with E-state index >= 15 is 0 Å². The molecule has 16 heavy (non-hydrogen) atoms. The Labute approximate surface area is 100 Å². The lowest BCUT2D eigenvalue weighted by molar-refractivity contribution is 0.556. The molecule has 0 radical (unpaired) electrons. The lowest BCUT2D eigenvalue weighted by atomic mass is 10.1. The molecule has 0 aromatic carbocycles. The molecule has 0 aliphatic heterocycles. The van der Waals surface area contributed by atoms with Crippen LogP contribution in [0.15, 0.2) is 17.3 Å². The minimum Gasteiger partial charge on any atom is -0.368 e. The highest BCUT2D eigenvalue weighted by atomic mass is 32.2. The van der Waals surface area contributed by atoms with E-state index < -0.39 is 0 Å².